The van der Waals surface area contributed by atoms with Crippen molar-refractivity contribution in [1.82, 2.24) is 15.2 Å². The van der Waals surface area contributed by atoms with Gasteiger partial charge in [-0.2, -0.15) is 0 Å². The largest absolute Gasteiger partial charge is 0.314 e. The van der Waals surface area contributed by atoms with Gasteiger partial charge in [0.15, 0.2) is 0 Å². The first-order valence-electron chi connectivity index (χ1n) is 9.93. The summed E-state index contributed by atoms with van der Waals surface area (Å²) in [5, 5.41) is 3.47. The van der Waals surface area contributed by atoms with E-state index in [-0.39, 0.29) is 6.04 Å². The van der Waals surface area contributed by atoms with Gasteiger partial charge in [-0.1, -0.05) is 48.3 Å². The van der Waals surface area contributed by atoms with E-state index >= 15 is 0 Å². The Kier molecular flexibility index (Phi) is 7.49. The third-order valence-electron chi connectivity index (χ3n) is 5.16. The first-order chi connectivity index (χ1) is 13.1. The molecule has 4 rings (SSSR count). The number of aryl methyl sites for hydroxylation is 2. The van der Waals surface area contributed by atoms with Crippen molar-refractivity contribution in [3.05, 3.63) is 61.3 Å². The molecule has 3 nitrogen and oxygen atoms in total. The quantitative estimate of drug-likeness (QED) is 0.573. The first-order valence-corrected chi connectivity index (χ1v) is 11.5. The fraction of sp³-hybridized carbons (Fsp3) is 0.500. The molecule has 1 N–H and O–H groups in total. The highest BCUT2D eigenvalue weighted by molar-refractivity contribution is 9.10. The SMILES string of the molecule is CCC.Cc1ccc2c(c1Br)CCc1cc(Br)cnc1C2N1CCNCC1. The maximum atomic E-state index is 4.86. The molecule has 1 atom stereocenters. The number of piperazine rings is 1. The van der Waals surface area contributed by atoms with E-state index in [1.54, 1.807) is 0 Å². The van der Waals surface area contributed by atoms with Crippen LogP contribution in [0.2, 0.25) is 0 Å². The lowest BCUT2D eigenvalue weighted by Crippen LogP contribution is -2.45. The van der Waals surface area contributed by atoms with E-state index in [2.05, 4.69) is 81.0 Å². The van der Waals surface area contributed by atoms with Crippen molar-refractivity contribution in [2.24, 2.45) is 0 Å². The monoisotopic (exact) mass is 493 g/mol. The number of nitrogens with zero attached hydrogens (tertiary/aromatic N) is 2. The standard InChI is InChI=1S/C19H21Br2N3.C3H8/c1-12-2-4-16-15(17(12)21)5-3-13-10-14(20)11-23-18(13)19(16)24-8-6-22-7-9-24;1-3-2/h2,4,10-11,19,22H,3,5-9H2,1H3;3H2,1-2H3. The van der Waals surface area contributed by atoms with Crippen molar-refractivity contribution >= 4 is 31.9 Å². The number of pyridine rings is 1. The van der Waals surface area contributed by atoms with E-state index in [4.69, 9.17) is 4.98 Å². The summed E-state index contributed by atoms with van der Waals surface area (Å²) in [4.78, 5) is 7.45. The Bertz CT molecular complexity index is 785. The predicted octanol–water partition coefficient (Wildman–Crippen LogP) is 5.42. The Morgan fingerprint density at radius 3 is 2.56 bits per heavy atom. The smallest absolute Gasteiger partial charge is 0.0783 e. The van der Waals surface area contributed by atoms with Crippen molar-refractivity contribution in [3.63, 3.8) is 0 Å². The third kappa shape index (κ3) is 4.64. The van der Waals surface area contributed by atoms with E-state index in [0.29, 0.717) is 0 Å². The van der Waals surface area contributed by atoms with E-state index in [1.165, 1.54) is 38.8 Å². The lowest BCUT2D eigenvalue weighted by atomic mass is 9.95. The highest BCUT2D eigenvalue weighted by Crippen LogP contribution is 2.40. The molecule has 1 aliphatic carbocycles. The molecule has 2 aromatic rings. The Hall–Kier alpha value is -0.750. The van der Waals surface area contributed by atoms with Gasteiger partial charge in [-0.25, -0.2) is 0 Å². The van der Waals surface area contributed by atoms with Crippen LogP contribution < -0.4 is 5.32 Å². The normalized spacial score (nSPS) is 19.4. The van der Waals surface area contributed by atoms with Crippen molar-refractivity contribution in [1.29, 1.82) is 0 Å². The molecular formula is C22H29Br2N3. The molecule has 1 aromatic heterocycles. The topological polar surface area (TPSA) is 28.2 Å². The molecular weight excluding hydrogens is 466 g/mol. The Balaban J connectivity index is 0.000000659. The maximum absolute atomic E-state index is 4.86. The van der Waals surface area contributed by atoms with Crippen molar-refractivity contribution in [2.45, 2.75) is 46.1 Å². The molecule has 2 aliphatic rings. The second-order valence-electron chi connectivity index (χ2n) is 7.36. The minimum Gasteiger partial charge on any atom is -0.314 e. The van der Waals surface area contributed by atoms with Gasteiger partial charge in [0.2, 0.25) is 0 Å². The fourth-order valence-corrected chi connectivity index (χ4v) is 4.86. The van der Waals surface area contributed by atoms with Gasteiger partial charge in [-0.15, -0.1) is 0 Å². The van der Waals surface area contributed by atoms with Gasteiger partial charge in [0.1, 0.15) is 0 Å². The van der Waals surface area contributed by atoms with E-state index in [1.807, 2.05) is 6.20 Å². The van der Waals surface area contributed by atoms with Crippen LogP contribution in [-0.4, -0.2) is 36.1 Å². The summed E-state index contributed by atoms with van der Waals surface area (Å²) in [5.41, 5.74) is 6.78. The molecule has 27 heavy (non-hydrogen) atoms. The van der Waals surface area contributed by atoms with Crippen LogP contribution in [0, 0.1) is 6.92 Å². The molecule has 0 amide bonds. The Labute approximate surface area is 180 Å². The number of fused-ring (bicyclic) bond motifs is 2. The minimum absolute atomic E-state index is 0.254. The number of nitrogens with one attached hydrogen (secondary N) is 1. The van der Waals surface area contributed by atoms with Gasteiger partial charge in [-0.05, 0) is 64.0 Å². The molecule has 1 unspecified atom stereocenters. The third-order valence-corrected chi connectivity index (χ3v) is 6.69. The summed E-state index contributed by atoms with van der Waals surface area (Å²) in [6, 6.07) is 7.07. The Morgan fingerprint density at radius 1 is 1.15 bits per heavy atom. The van der Waals surface area contributed by atoms with Gasteiger partial charge in [0.25, 0.3) is 0 Å². The van der Waals surface area contributed by atoms with Crippen LogP contribution in [-0.2, 0) is 12.8 Å². The van der Waals surface area contributed by atoms with Crippen molar-refractivity contribution < 1.29 is 0 Å². The van der Waals surface area contributed by atoms with Crippen LogP contribution in [0.3, 0.4) is 0 Å². The highest BCUT2D eigenvalue weighted by Gasteiger charge is 2.31. The van der Waals surface area contributed by atoms with Crippen LogP contribution >= 0.6 is 31.9 Å². The lowest BCUT2D eigenvalue weighted by Gasteiger charge is -2.36. The van der Waals surface area contributed by atoms with E-state index in [0.717, 1.165) is 43.5 Å². The van der Waals surface area contributed by atoms with Gasteiger partial charge in [0, 0.05) is 41.3 Å². The molecule has 0 saturated carbocycles. The second-order valence-corrected chi connectivity index (χ2v) is 9.07. The average molecular weight is 495 g/mol. The number of hydrogen-bond donors (Lipinski definition) is 1. The summed E-state index contributed by atoms with van der Waals surface area (Å²) in [5.74, 6) is 0. The van der Waals surface area contributed by atoms with Gasteiger partial charge in [0.05, 0.1) is 11.7 Å². The lowest BCUT2D eigenvalue weighted by molar-refractivity contribution is 0.195. The molecule has 1 saturated heterocycles. The number of rotatable bonds is 1. The van der Waals surface area contributed by atoms with Crippen molar-refractivity contribution in [2.75, 3.05) is 26.2 Å². The summed E-state index contributed by atoms with van der Waals surface area (Å²) in [6.45, 7) is 10.6. The molecule has 2 heterocycles. The van der Waals surface area contributed by atoms with Crippen LogP contribution in [0.5, 0.6) is 0 Å². The fourth-order valence-electron chi connectivity index (χ4n) is 3.92. The van der Waals surface area contributed by atoms with E-state index in [9.17, 15) is 0 Å². The molecule has 0 spiro atoms. The van der Waals surface area contributed by atoms with Crippen LogP contribution in [0.1, 0.15) is 54.3 Å². The summed E-state index contributed by atoms with van der Waals surface area (Å²) in [6.07, 6.45) is 5.30. The van der Waals surface area contributed by atoms with Crippen LogP contribution in [0.25, 0.3) is 0 Å². The molecule has 0 radical (unpaired) electrons. The summed E-state index contributed by atoms with van der Waals surface area (Å²) >= 11 is 7.45. The van der Waals surface area contributed by atoms with Crippen LogP contribution in [0.15, 0.2) is 33.3 Å². The molecule has 1 fully saturated rings. The Morgan fingerprint density at radius 2 is 1.85 bits per heavy atom. The zero-order valence-corrected chi connectivity index (χ0v) is 19.7. The number of halogens is 2. The average Bonchev–Trinajstić information content (AvgIpc) is 2.83. The number of aromatic nitrogens is 1. The van der Waals surface area contributed by atoms with Gasteiger partial charge in [-0.3, -0.25) is 9.88 Å². The van der Waals surface area contributed by atoms with E-state index < -0.39 is 0 Å². The summed E-state index contributed by atoms with van der Waals surface area (Å²) in [7, 11) is 0. The number of benzene rings is 1. The summed E-state index contributed by atoms with van der Waals surface area (Å²) < 4.78 is 2.34. The zero-order chi connectivity index (χ0) is 19.4. The number of hydrogen-bond acceptors (Lipinski definition) is 3. The highest BCUT2D eigenvalue weighted by atomic mass is 79.9. The van der Waals surface area contributed by atoms with Crippen LogP contribution in [0.4, 0.5) is 0 Å². The maximum Gasteiger partial charge on any atom is 0.0783 e. The molecule has 5 heteroatoms. The predicted molar refractivity (Wildman–Crippen MR) is 120 cm³/mol. The van der Waals surface area contributed by atoms with Gasteiger partial charge >= 0.3 is 0 Å². The van der Waals surface area contributed by atoms with Gasteiger partial charge < -0.3 is 5.32 Å². The molecule has 0 bridgehead atoms. The first kappa shape index (κ1) is 21.0. The zero-order valence-electron chi connectivity index (χ0n) is 16.5. The molecule has 146 valence electrons. The molecule has 1 aliphatic heterocycles. The second kappa shape index (κ2) is 9.64. The van der Waals surface area contributed by atoms with Crippen molar-refractivity contribution in [3.8, 4) is 0 Å². The minimum atomic E-state index is 0.254. The molecule has 1 aromatic carbocycles.